The molecule has 6 nitrogen and oxygen atoms in total. The third kappa shape index (κ3) is 1.61. The second-order valence-electron chi connectivity index (χ2n) is 3.08. The average molecular weight is 204 g/mol. The van der Waals surface area contributed by atoms with Gasteiger partial charge in [-0.1, -0.05) is 0 Å². The second kappa shape index (κ2) is 3.56. The summed E-state index contributed by atoms with van der Waals surface area (Å²) in [6.07, 6.45) is 3.41. The van der Waals surface area contributed by atoms with Crippen LogP contribution in [0.25, 0.3) is 11.3 Å². The highest BCUT2D eigenvalue weighted by molar-refractivity contribution is 5.72. The number of nitrogens with zero attached hydrogens (tertiary/aromatic N) is 4. The van der Waals surface area contributed by atoms with Crippen molar-refractivity contribution in [2.24, 2.45) is 7.05 Å². The maximum Gasteiger partial charge on any atom is 0.221 e. The predicted octanol–water partition coefficient (Wildman–Crippen LogP) is 0.501. The van der Waals surface area contributed by atoms with Gasteiger partial charge in [-0.15, -0.1) is 0 Å². The van der Waals surface area contributed by atoms with Crippen LogP contribution in [0, 0.1) is 0 Å². The first-order valence-electron chi connectivity index (χ1n) is 4.51. The molecule has 0 amide bonds. The zero-order chi connectivity index (χ0) is 10.8. The van der Waals surface area contributed by atoms with Crippen LogP contribution in [0.4, 0.5) is 11.8 Å². The topological polar surface area (TPSA) is 81.7 Å². The number of aryl methyl sites for hydroxylation is 1. The van der Waals surface area contributed by atoms with Gasteiger partial charge in [-0.2, -0.15) is 10.1 Å². The monoisotopic (exact) mass is 204 g/mol. The van der Waals surface area contributed by atoms with E-state index in [2.05, 4.69) is 20.4 Å². The van der Waals surface area contributed by atoms with Gasteiger partial charge < -0.3 is 11.1 Å². The van der Waals surface area contributed by atoms with E-state index in [1.807, 2.05) is 13.1 Å². The van der Waals surface area contributed by atoms with Crippen molar-refractivity contribution in [3.63, 3.8) is 0 Å². The predicted molar refractivity (Wildman–Crippen MR) is 58.2 cm³/mol. The molecule has 2 rings (SSSR count). The number of nitrogen functional groups attached to an aromatic ring is 1. The molecule has 2 heterocycles. The molecule has 3 N–H and O–H groups in total. The van der Waals surface area contributed by atoms with Crippen molar-refractivity contribution in [2.75, 3.05) is 18.1 Å². The molecule has 0 aliphatic carbocycles. The maximum atomic E-state index is 5.51. The number of rotatable bonds is 2. The van der Waals surface area contributed by atoms with E-state index in [-0.39, 0.29) is 5.95 Å². The first-order chi connectivity index (χ1) is 7.22. The molecule has 0 radical (unpaired) electrons. The van der Waals surface area contributed by atoms with Crippen LogP contribution in [0.5, 0.6) is 0 Å². The van der Waals surface area contributed by atoms with Gasteiger partial charge in [0, 0.05) is 26.5 Å². The Morgan fingerprint density at radius 2 is 2.27 bits per heavy atom. The van der Waals surface area contributed by atoms with Crippen molar-refractivity contribution < 1.29 is 0 Å². The normalized spacial score (nSPS) is 10.3. The Bertz CT molecular complexity index is 475. The Morgan fingerprint density at radius 3 is 2.87 bits per heavy atom. The van der Waals surface area contributed by atoms with Crippen LogP contribution in [0.15, 0.2) is 18.5 Å². The van der Waals surface area contributed by atoms with Crippen LogP contribution in [-0.2, 0) is 7.05 Å². The number of hydrogen-bond donors (Lipinski definition) is 2. The van der Waals surface area contributed by atoms with Gasteiger partial charge in [0.05, 0.1) is 11.3 Å². The van der Waals surface area contributed by atoms with Gasteiger partial charge in [0.15, 0.2) is 0 Å². The molecule has 0 fully saturated rings. The van der Waals surface area contributed by atoms with Gasteiger partial charge >= 0.3 is 0 Å². The van der Waals surface area contributed by atoms with Gasteiger partial charge in [0.1, 0.15) is 5.82 Å². The van der Waals surface area contributed by atoms with Crippen LogP contribution >= 0.6 is 0 Å². The maximum absolute atomic E-state index is 5.51. The van der Waals surface area contributed by atoms with E-state index in [1.165, 1.54) is 0 Å². The summed E-state index contributed by atoms with van der Waals surface area (Å²) in [5.74, 6) is 0.955. The standard InChI is InChI=1S/C9H12N6/c1-11-8-6(5-12-9(10)14-8)7-3-4-13-15(7)2/h3-5H,1-2H3,(H3,10,11,12,14). The molecule has 6 heteroatoms. The van der Waals surface area contributed by atoms with Crippen molar-refractivity contribution in [2.45, 2.75) is 0 Å². The summed E-state index contributed by atoms with van der Waals surface area (Å²) in [7, 11) is 3.66. The highest BCUT2D eigenvalue weighted by atomic mass is 15.3. The number of anilines is 2. The van der Waals surface area contributed by atoms with Gasteiger partial charge in [0.25, 0.3) is 0 Å². The zero-order valence-corrected chi connectivity index (χ0v) is 8.60. The van der Waals surface area contributed by atoms with E-state index in [0.29, 0.717) is 5.82 Å². The SMILES string of the molecule is CNc1nc(N)ncc1-c1ccnn1C. The number of hydrogen-bond acceptors (Lipinski definition) is 5. The molecule has 78 valence electrons. The molecular weight excluding hydrogens is 192 g/mol. The van der Waals surface area contributed by atoms with E-state index in [1.54, 1.807) is 24.1 Å². The third-order valence-corrected chi connectivity index (χ3v) is 2.14. The van der Waals surface area contributed by atoms with E-state index in [4.69, 9.17) is 5.73 Å². The van der Waals surface area contributed by atoms with Crippen LogP contribution in [0.3, 0.4) is 0 Å². The molecule has 2 aromatic heterocycles. The Balaban J connectivity index is 2.58. The number of nitrogens with one attached hydrogen (secondary N) is 1. The summed E-state index contributed by atoms with van der Waals surface area (Å²) in [5, 5.41) is 7.07. The van der Waals surface area contributed by atoms with Crippen molar-refractivity contribution in [1.29, 1.82) is 0 Å². The molecule has 2 aromatic rings. The summed E-state index contributed by atoms with van der Waals surface area (Å²) in [6.45, 7) is 0. The fraction of sp³-hybridized carbons (Fsp3) is 0.222. The summed E-state index contributed by atoms with van der Waals surface area (Å²) < 4.78 is 1.76. The Morgan fingerprint density at radius 1 is 1.47 bits per heavy atom. The quantitative estimate of drug-likeness (QED) is 0.744. The minimum absolute atomic E-state index is 0.255. The summed E-state index contributed by atoms with van der Waals surface area (Å²) in [6, 6.07) is 1.90. The van der Waals surface area contributed by atoms with Gasteiger partial charge in [0.2, 0.25) is 5.95 Å². The smallest absolute Gasteiger partial charge is 0.221 e. The van der Waals surface area contributed by atoms with E-state index < -0.39 is 0 Å². The van der Waals surface area contributed by atoms with Crippen molar-refractivity contribution in [3.8, 4) is 11.3 Å². The molecule has 15 heavy (non-hydrogen) atoms. The van der Waals surface area contributed by atoms with Crippen LogP contribution < -0.4 is 11.1 Å². The molecular formula is C9H12N6. The Labute approximate surface area is 87.2 Å². The summed E-state index contributed by atoms with van der Waals surface area (Å²) in [5.41, 5.74) is 7.33. The minimum atomic E-state index is 0.255. The van der Waals surface area contributed by atoms with Crippen LogP contribution in [0.1, 0.15) is 0 Å². The van der Waals surface area contributed by atoms with Crippen molar-refractivity contribution in [3.05, 3.63) is 18.5 Å². The molecule has 0 unspecified atom stereocenters. The molecule has 0 saturated carbocycles. The average Bonchev–Trinajstić information content (AvgIpc) is 2.64. The molecule has 0 spiro atoms. The first-order valence-corrected chi connectivity index (χ1v) is 4.51. The fourth-order valence-corrected chi connectivity index (χ4v) is 1.41. The molecule has 0 aromatic carbocycles. The lowest BCUT2D eigenvalue weighted by molar-refractivity contribution is 0.775. The van der Waals surface area contributed by atoms with Crippen LogP contribution in [-0.4, -0.2) is 26.8 Å². The molecule has 0 aliphatic heterocycles. The Kier molecular flexibility index (Phi) is 2.24. The zero-order valence-electron chi connectivity index (χ0n) is 8.60. The molecule has 0 bridgehead atoms. The lowest BCUT2D eigenvalue weighted by Gasteiger charge is -2.07. The van der Waals surface area contributed by atoms with E-state index in [9.17, 15) is 0 Å². The van der Waals surface area contributed by atoms with Gasteiger partial charge in [-0.05, 0) is 6.07 Å². The highest BCUT2D eigenvalue weighted by Crippen LogP contribution is 2.24. The number of nitrogens with two attached hydrogens (primary N) is 1. The van der Waals surface area contributed by atoms with Crippen LogP contribution in [0.2, 0.25) is 0 Å². The van der Waals surface area contributed by atoms with E-state index >= 15 is 0 Å². The minimum Gasteiger partial charge on any atom is -0.372 e. The van der Waals surface area contributed by atoms with E-state index in [0.717, 1.165) is 11.3 Å². The summed E-state index contributed by atoms with van der Waals surface area (Å²) in [4.78, 5) is 8.07. The lowest BCUT2D eigenvalue weighted by Crippen LogP contribution is -2.03. The molecule has 0 atom stereocenters. The summed E-state index contributed by atoms with van der Waals surface area (Å²) >= 11 is 0. The third-order valence-electron chi connectivity index (χ3n) is 2.14. The second-order valence-corrected chi connectivity index (χ2v) is 3.08. The fourth-order valence-electron chi connectivity index (χ4n) is 1.41. The first kappa shape index (κ1) is 9.45. The number of aromatic nitrogens is 4. The molecule has 0 aliphatic rings. The lowest BCUT2D eigenvalue weighted by atomic mass is 10.2. The van der Waals surface area contributed by atoms with Gasteiger partial charge in [-0.3, -0.25) is 4.68 Å². The highest BCUT2D eigenvalue weighted by Gasteiger charge is 2.09. The molecule has 0 saturated heterocycles. The van der Waals surface area contributed by atoms with Gasteiger partial charge in [-0.25, -0.2) is 4.98 Å². The Hall–Kier alpha value is -2.11. The van der Waals surface area contributed by atoms with Crippen molar-refractivity contribution in [1.82, 2.24) is 19.7 Å². The van der Waals surface area contributed by atoms with Crippen molar-refractivity contribution >= 4 is 11.8 Å². The largest absolute Gasteiger partial charge is 0.372 e.